The lowest BCUT2D eigenvalue weighted by atomic mass is 10.2. The van der Waals surface area contributed by atoms with Gasteiger partial charge in [0.25, 0.3) is 0 Å². The van der Waals surface area contributed by atoms with Crippen LogP contribution in [0.3, 0.4) is 0 Å². The second kappa shape index (κ2) is 5.23. The van der Waals surface area contributed by atoms with Crippen LogP contribution in [-0.2, 0) is 16.6 Å². The summed E-state index contributed by atoms with van der Waals surface area (Å²) in [6, 6.07) is 13.7. The van der Waals surface area contributed by atoms with Gasteiger partial charge in [0, 0.05) is 4.90 Å². The van der Waals surface area contributed by atoms with E-state index in [1.54, 1.807) is 12.1 Å². The van der Waals surface area contributed by atoms with Crippen molar-refractivity contribution in [3.63, 3.8) is 0 Å². The maximum atomic E-state index is 12.7. The molecule has 2 aromatic carbocycles. The molecule has 0 aliphatic heterocycles. The maximum absolute atomic E-state index is 12.7. The molecule has 0 heterocycles. The minimum Gasteiger partial charge on any atom is -0.254 e. The van der Waals surface area contributed by atoms with E-state index in [1.807, 2.05) is 31.2 Å². The topological polar surface area (TPSA) is 17.1 Å². The zero-order chi connectivity index (χ0) is 12.3. The van der Waals surface area contributed by atoms with Gasteiger partial charge in [-0.1, -0.05) is 29.8 Å². The molecule has 2 aromatic rings. The lowest BCUT2D eigenvalue weighted by Gasteiger charge is -2.03. The van der Waals surface area contributed by atoms with Gasteiger partial charge in [-0.05, 0) is 36.8 Å². The van der Waals surface area contributed by atoms with Gasteiger partial charge in [-0.3, -0.25) is 4.21 Å². The third-order valence-corrected chi connectivity index (χ3v) is 3.89. The third kappa shape index (κ3) is 3.24. The van der Waals surface area contributed by atoms with Crippen molar-refractivity contribution in [3.8, 4) is 0 Å². The highest BCUT2D eigenvalue weighted by molar-refractivity contribution is 7.84. The van der Waals surface area contributed by atoms with Gasteiger partial charge in [-0.15, -0.1) is 0 Å². The van der Waals surface area contributed by atoms with Gasteiger partial charge in [0.2, 0.25) is 0 Å². The Morgan fingerprint density at radius 1 is 1.00 bits per heavy atom. The van der Waals surface area contributed by atoms with E-state index in [1.165, 1.54) is 17.7 Å². The summed E-state index contributed by atoms with van der Waals surface area (Å²) in [4.78, 5) is 0.659. The fourth-order valence-electron chi connectivity index (χ4n) is 1.51. The molecule has 0 spiro atoms. The molecule has 2 rings (SSSR count). The monoisotopic (exact) mass is 248 g/mol. The zero-order valence-electron chi connectivity index (χ0n) is 9.52. The first-order valence-electron chi connectivity index (χ1n) is 5.34. The number of hydrogen-bond donors (Lipinski definition) is 0. The van der Waals surface area contributed by atoms with Crippen molar-refractivity contribution in [3.05, 3.63) is 65.5 Å². The fourth-order valence-corrected chi connectivity index (χ4v) is 2.61. The molecule has 0 amide bonds. The standard InChI is InChI=1S/C14H13FOS/c1-11-2-4-12(5-3-11)10-17(16)14-8-6-13(15)7-9-14/h2-9H,10H2,1H3. The van der Waals surface area contributed by atoms with Crippen LogP contribution in [0.1, 0.15) is 11.1 Å². The lowest BCUT2D eigenvalue weighted by Crippen LogP contribution is -1.96. The summed E-state index contributed by atoms with van der Waals surface area (Å²) in [7, 11) is -1.12. The second-order valence-corrected chi connectivity index (χ2v) is 5.38. The van der Waals surface area contributed by atoms with Crippen LogP contribution in [0.5, 0.6) is 0 Å². The van der Waals surface area contributed by atoms with E-state index in [0.717, 1.165) is 5.56 Å². The van der Waals surface area contributed by atoms with E-state index < -0.39 is 10.8 Å². The smallest absolute Gasteiger partial charge is 0.123 e. The van der Waals surface area contributed by atoms with E-state index in [-0.39, 0.29) is 5.82 Å². The highest BCUT2D eigenvalue weighted by atomic mass is 32.2. The Labute approximate surface area is 103 Å². The number of aryl methyl sites for hydroxylation is 1. The first kappa shape index (κ1) is 12.0. The summed E-state index contributed by atoms with van der Waals surface area (Å²) >= 11 is 0. The van der Waals surface area contributed by atoms with Gasteiger partial charge in [-0.25, -0.2) is 4.39 Å². The number of benzene rings is 2. The molecule has 1 atom stereocenters. The number of halogens is 1. The summed E-state index contributed by atoms with van der Waals surface area (Å²) < 4.78 is 24.7. The van der Waals surface area contributed by atoms with Crippen LogP contribution in [0.2, 0.25) is 0 Å². The molecule has 17 heavy (non-hydrogen) atoms. The fraction of sp³-hybridized carbons (Fsp3) is 0.143. The SMILES string of the molecule is Cc1ccc(CS(=O)c2ccc(F)cc2)cc1. The van der Waals surface area contributed by atoms with Crippen LogP contribution in [0.4, 0.5) is 4.39 Å². The van der Waals surface area contributed by atoms with E-state index in [4.69, 9.17) is 0 Å². The third-order valence-electron chi connectivity index (χ3n) is 2.49. The minimum atomic E-state index is -1.12. The van der Waals surface area contributed by atoms with Crippen LogP contribution in [-0.4, -0.2) is 4.21 Å². The molecule has 88 valence electrons. The average Bonchev–Trinajstić information content (AvgIpc) is 2.33. The van der Waals surface area contributed by atoms with Crippen LogP contribution in [0.25, 0.3) is 0 Å². The predicted molar refractivity (Wildman–Crippen MR) is 67.7 cm³/mol. The van der Waals surface area contributed by atoms with Gasteiger partial charge >= 0.3 is 0 Å². The highest BCUT2D eigenvalue weighted by Gasteiger charge is 2.05. The van der Waals surface area contributed by atoms with Crippen LogP contribution < -0.4 is 0 Å². The molecule has 0 N–H and O–H groups in total. The largest absolute Gasteiger partial charge is 0.254 e. The Morgan fingerprint density at radius 2 is 1.59 bits per heavy atom. The molecule has 0 bridgehead atoms. The molecule has 3 heteroatoms. The molecule has 1 nitrogen and oxygen atoms in total. The summed E-state index contributed by atoms with van der Waals surface area (Å²) in [5, 5.41) is 0. The van der Waals surface area contributed by atoms with Crippen molar-refractivity contribution >= 4 is 10.8 Å². The second-order valence-electron chi connectivity index (χ2n) is 3.93. The molecule has 0 radical (unpaired) electrons. The van der Waals surface area contributed by atoms with Gasteiger partial charge < -0.3 is 0 Å². The van der Waals surface area contributed by atoms with E-state index in [0.29, 0.717) is 10.6 Å². The molecule has 0 aliphatic carbocycles. The van der Waals surface area contributed by atoms with Crippen molar-refractivity contribution < 1.29 is 8.60 Å². The molecule has 0 fully saturated rings. The molecule has 0 aliphatic rings. The van der Waals surface area contributed by atoms with Crippen LogP contribution in [0, 0.1) is 12.7 Å². The molecular weight excluding hydrogens is 235 g/mol. The first-order valence-corrected chi connectivity index (χ1v) is 6.66. The summed E-state index contributed by atoms with van der Waals surface area (Å²) in [6.45, 7) is 2.01. The highest BCUT2D eigenvalue weighted by Crippen LogP contribution is 2.13. The minimum absolute atomic E-state index is 0.305. The summed E-state index contributed by atoms with van der Waals surface area (Å²) in [6.07, 6.45) is 0. The molecule has 1 unspecified atom stereocenters. The normalized spacial score (nSPS) is 12.4. The Morgan fingerprint density at radius 3 is 2.18 bits per heavy atom. The van der Waals surface area contributed by atoms with Crippen molar-refractivity contribution in [2.75, 3.05) is 0 Å². The van der Waals surface area contributed by atoms with E-state index in [2.05, 4.69) is 0 Å². The molecular formula is C14H13FOS. The Balaban J connectivity index is 2.11. The van der Waals surface area contributed by atoms with Crippen molar-refractivity contribution in [2.45, 2.75) is 17.6 Å². The van der Waals surface area contributed by atoms with E-state index >= 15 is 0 Å². The maximum Gasteiger partial charge on any atom is 0.123 e. The molecule has 0 saturated heterocycles. The van der Waals surface area contributed by atoms with Crippen LogP contribution >= 0.6 is 0 Å². The summed E-state index contributed by atoms with van der Waals surface area (Å²) in [5.41, 5.74) is 2.21. The molecule has 0 saturated carbocycles. The van der Waals surface area contributed by atoms with Gasteiger partial charge in [0.05, 0.1) is 16.6 Å². The Kier molecular flexibility index (Phi) is 3.69. The average molecular weight is 248 g/mol. The van der Waals surface area contributed by atoms with Crippen molar-refractivity contribution in [1.29, 1.82) is 0 Å². The van der Waals surface area contributed by atoms with Gasteiger partial charge in [0.15, 0.2) is 0 Å². The zero-order valence-corrected chi connectivity index (χ0v) is 10.3. The van der Waals surface area contributed by atoms with Crippen molar-refractivity contribution in [2.24, 2.45) is 0 Å². The number of hydrogen-bond acceptors (Lipinski definition) is 1. The predicted octanol–water partition coefficient (Wildman–Crippen LogP) is 3.44. The Hall–Kier alpha value is -1.48. The van der Waals surface area contributed by atoms with E-state index in [9.17, 15) is 8.60 Å². The summed E-state index contributed by atoms with van der Waals surface area (Å²) in [5.74, 6) is 0.160. The number of rotatable bonds is 3. The lowest BCUT2D eigenvalue weighted by molar-refractivity contribution is 0.626. The molecule has 0 aromatic heterocycles. The van der Waals surface area contributed by atoms with Gasteiger partial charge in [-0.2, -0.15) is 0 Å². The first-order chi connectivity index (χ1) is 8.15. The quantitative estimate of drug-likeness (QED) is 0.813. The van der Waals surface area contributed by atoms with Crippen LogP contribution in [0.15, 0.2) is 53.4 Å². The van der Waals surface area contributed by atoms with Gasteiger partial charge in [0.1, 0.15) is 5.82 Å². The van der Waals surface area contributed by atoms with Crippen molar-refractivity contribution in [1.82, 2.24) is 0 Å². The Bertz CT molecular complexity index is 517.